The second-order valence-electron chi connectivity index (χ2n) is 4.83. The first kappa shape index (κ1) is 13.4. The number of carbonyl (C=O) groups is 1. The molecule has 0 saturated heterocycles. The molecule has 0 aliphatic rings. The lowest BCUT2D eigenvalue weighted by Crippen LogP contribution is -1.88. The van der Waals surface area contributed by atoms with Crippen molar-refractivity contribution in [3.05, 3.63) is 58.9 Å². The topological polar surface area (TPSA) is 32.9 Å². The maximum atomic E-state index is 14.0. The zero-order valence-electron chi connectivity index (χ0n) is 11.0. The highest BCUT2D eigenvalue weighted by Crippen LogP contribution is 2.31. The monoisotopic (exact) mass is 289 g/mol. The van der Waals surface area contributed by atoms with E-state index in [9.17, 15) is 18.0 Å². The molecule has 2 aromatic carbocycles. The van der Waals surface area contributed by atoms with E-state index in [0.29, 0.717) is 17.2 Å². The molecule has 3 rings (SSSR count). The lowest BCUT2D eigenvalue weighted by Gasteiger charge is -2.01. The summed E-state index contributed by atoms with van der Waals surface area (Å²) < 4.78 is 40.3. The van der Waals surface area contributed by atoms with Crippen molar-refractivity contribution in [2.24, 2.45) is 0 Å². The molecule has 3 aromatic rings. The molecule has 1 heterocycles. The van der Waals surface area contributed by atoms with Gasteiger partial charge in [-0.25, -0.2) is 13.2 Å². The van der Waals surface area contributed by atoms with Crippen LogP contribution in [0.5, 0.6) is 0 Å². The van der Waals surface area contributed by atoms with Crippen molar-refractivity contribution in [1.82, 2.24) is 4.98 Å². The van der Waals surface area contributed by atoms with Crippen LogP contribution in [-0.2, 0) is 0 Å². The van der Waals surface area contributed by atoms with Crippen LogP contribution in [0.15, 0.2) is 30.3 Å². The standard InChI is InChI=1S/C16H10F3NO/c1-8-4-10-11(7-21)15(20-16(10)14(19)5-8)9-2-3-12(17)13(18)6-9/h2-7,20H,1H3. The van der Waals surface area contributed by atoms with Gasteiger partial charge in [0.15, 0.2) is 17.9 Å². The smallest absolute Gasteiger partial charge is 0.159 e. The van der Waals surface area contributed by atoms with Gasteiger partial charge in [0.2, 0.25) is 0 Å². The van der Waals surface area contributed by atoms with Crippen molar-refractivity contribution in [2.45, 2.75) is 6.92 Å². The first-order valence-corrected chi connectivity index (χ1v) is 6.23. The molecule has 0 radical (unpaired) electrons. The van der Waals surface area contributed by atoms with Gasteiger partial charge in [0.1, 0.15) is 5.82 Å². The van der Waals surface area contributed by atoms with Gasteiger partial charge in [-0.1, -0.05) is 0 Å². The molecular weight excluding hydrogens is 279 g/mol. The van der Waals surface area contributed by atoms with Gasteiger partial charge in [0, 0.05) is 16.5 Å². The number of H-pyrrole nitrogens is 1. The van der Waals surface area contributed by atoms with Crippen LogP contribution in [0.1, 0.15) is 15.9 Å². The number of hydrogen-bond acceptors (Lipinski definition) is 1. The Balaban J connectivity index is 2.34. The molecule has 0 amide bonds. The molecule has 0 fully saturated rings. The number of aryl methyl sites for hydroxylation is 1. The normalized spacial score (nSPS) is 11.0. The number of carbonyl (C=O) groups excluding carboxylic acids is 1. The van der Waals surface area contributed by atoms with Crippen LogP contribution in [0.4, 0.5) is 13.2 Å². The van der Waals surface area contributed by atoms with Gasteiger partial charge >= 0.3 is 0 Å². The highest BCUT2D eigenvalue weighted by atomic mass is 19.2. The minimum atomic E-state index is -1.03. The van der Waals surface area contributed by atoms with Gasteiger partial charge in [-0.2, -0.15) is 0 Å². The van der Waals surface area contributed by atoms with Crippen LogP contribution in [0, 0.1) is 24.4 Å². The summed E-state index contributed by atoms with van der Waals surface area (Å²) in [5.74, 6) is -2.51. The molecule has 0 spiro atoms. The summed E-state index contributed by atoms with van der Waals surface area (Å²) in [4.78, 5) is 14.1. The lowest BCUT2D eigenvalue weighted by atomic mass is 10.0. The van der Waals surface area contributed by atoms with E-state index in [2.05, 4.69) is 4.98 Å². The summed E-state index contributed by atoms with van der Waals surface area (Å²) in [5, 5.41) is 0.419. The van der Waals surface area contributed by atoms with Crippen LogP contribution < -0.4 is 0 Å². The Kier molecular flexibility index (Phi) is 3.05. The molecule has 0 atom stereocenters. The second kappa shape index (κ2) is 4.77. The van der Waals surface area contributed by atoms with Crippen LogP contribution in [0.25, 0.3) is 22.2 Å². The minimum Gasteiger partial charge on any atom is -0.352 e. The van der Waals surface area contributed by atoms with Gasteiger partial charge in [-0.05, 0) is 42.8 Å². The van der Waals surface area contributed by atoms with Crippen LogP contribution >= 0.6 is 0 Å². The zero-order chi connectivity index (χ0) is 15.1. The Morgan fingerprint density at radius 2 is 1.76 bits per heavy atom. The van der Waals surface area contributed by atoms with Crippen LogP contribution in [0.3, 0.4) is 0 Å². The molecule has 106 valence electrons. The third-order valence-corrected chi connectivity index (χ3v) is 3.37. The Hall–Kier alpha value is -2.56. The fraction of sp³-hybridized carbons (Fsp3) is 0.0625. The molecular formula is C16H10F3NO. The molecule has 5 heteroatoms. The molecule has 1 N–H and O–H groups in total. The highest BCUT2D eigenvalue weighted by molar-refractivity contribution is 6.04. The van der Waals surface area contributed by atoms with E-state index >= 15 is 0 Å². The van der Waals surface area contributed by atoms with Gasteiger partial charge in [-0.3, -0.25) is 4.79 Å². The summed E-state index contributed by atoms with van der Waals surface area (Å²) in [6, 6.07) is 6.27. The molecule has 0 unspecified atom stereocenters. The molecule has 0 saturated carbocycles. The third-order valence-electron chi connectivity index (χ3n) is 3.37. The van der Waals surface area contributed by atoms with Crippen molar-refractivity contribution < 1.29 is 18.0 Å². The average Bonchev–Trinajstić information content (AvgIpc) is 2.80. The fourth-order valence-corrected chi connectivity index (χ4v) is 2.41. The average molecular weight is 289 g/mol. The number of aromatic amines is 1. The second-order valence-corrected chi connectivity index (χ2v) is 4.83. The number of hydrogen-bond donors (Lipinski definition) is 1. The van der Waals surface area contributed by atoms with Crippen LogP contribution in [0.2, 0.25) is 0 Å². The first-order chi connectivity index (χ1) is 10.0. The van der Waals surface area contributed by atoms with Crippen molar-refractivity contribution >= 4 is 17.2 Å². The zero-order valence-corrected chi connectivity index (χ0v) is 11.0. The summed E-state index contributed by atoms with van der Waals surface area (Å²) in [6.07, 6.45) is 0.578. The SMILES string of the molecule is Cc1cc(F)c2[nH]c(-c3ccc(F)c(F)c3)c(C=O)c2c1. The Morgan fingerprint density at radius 3 is 2.43 bits per heavy atom. The van der Waals surface area contributed by atoms with Gasteiger partial charge in [0.05, 0.1) is 11.2 Å². The quantitative estimate of drug-likeness (QED) is 0.698. The van der Waals surface area contributed by atoms with E-state index in [1.807, 2.05) is 0 Å². The largest absolute Gasteiger partial charge is 0.352 e. The van der Waals surface area contributed by atoms with E-state index in [0.717, 1.165) is 12.1 Å². The molecule has 2 nitrogen and oxygen atoms in total. The van der Waals surface area contributed by atoms with E-state index in [4.69, 9.17) is 0 Å². The predicted octanol–water partition coefficient (Wildman–Crippen LogP) is 4.37. The molecule has 0 bridgehead atoms. The fourth-order valence-electron chi connectivity index (χ4n) is 2.41. The summed E-state index contributed by atoms with van der Waals surface area (Å²) in [6.45, 7) is 1.71. The third kappa shape index (κ3) is 2.11. The van der Waals surface area contributed by atoms with E-state index < -0.39 is 17.5 Å². The summed E-state index contributed by atoms with van der Waals surface area (Å²) in [5.41, 5.74) is 1.60. The van der Waals surface area contributed by atoms with Crippen molar-refractivity contribution in [2.75, 3.05) is 0 Å². The molecule has 21 heavy (non-hydrogen) atoms. The molecule has 1 aromatic heterocycles. The lowest BCUT2D eigenvalue weighted by molar-refractivity contribution is 0.112. The van der Waals surface area contributed by atoms with Gasteiger partial charge in [0.25, 0.3) is 0 Å². The van der Waals surface area contributed by atoms with E-state index in [1.165, 1.54) is 12.1 Å². The van der Waals surface area contributed by atoms with Crippen molar-refractivity contribution in [3.8, 4) is 11.3 Å². The van der Waals surface area contributed by atoms with E-state index in [1.54, 1.807) is 13.0 Å². The number of halogens is 3. The van der Waals surface area contributed by atoms with Crippen molar-refractivity contribution in [3.63, 3.8) is 0 Å². The maximum absolute atomic E-state index is 14.0. The summed E-state index contributed by atoms with van der Waals surface area (Å²) >= 11 is 0. The number of rotatable bonds is 2. The number of fused-ring (bicyclic) bond motifs is 1. The Labute approximate surface area is 118 Å². The number of benzene rings is 2. The van der Waals surface area contributed by atoms with Gasteiger partial charge in [-0.15, -0.1) is 0 Å². The minimum absolute atomic E-state index is 0.169. The number of aromatic nitrogens is 1. The van der Waals surface area contributed by atoms with Crippen molar-refractivity contribution in [1.29, 1.82) is 0 Å². The predicted molar refractivity (Wildman–Crippen MR) is 73.7 cm³/mol. The maximum Gasteiger partial charge on any atom is 0.159 e. The highest BCUT2D eigenvalue weighted by Gasteiger charge is 2.16. The number of nitrogens with one attached hydrogen (secondary N) is 1. The molecule has 0 aliphatic carbocycles. The first-order valence-electron chi connectivity index (χ1n) is 6.23. The summed E-state index contributed by atoms with van der Waals surface area (Å²) in [7, 11) is 0. The van der Waals surface area contributed by atoms with E-state index in [-0.39, 0.29) is 22.3 Å². The Bertz CT molecular complexity index is 868. The van der Waals surface area contributed by atoms with Gasteiger partial charge < -0.3 is 4.98 Å². The Morgan fingerprint density at radius 1 is 1.00 bits per heavy atom. The van der Waals surface area contributed by atoms with Crippen LogP contribution in [-0.4, -0.2) is 11.3 Å². The number of aldehydes is 1. The molecule has 0 aliphatic heterocycles.